The summed E-state index contributed by atoms with van der Waals surface area (Å²) in [5, 5.41) is 3.23. The zero-order valence-electron chi connectivity index (χ0n) is 11.3. The summed E-state index contributed by atoms with van der Waals surface area (Å²) in [5.74, 6) is 0.331. The zero-order valence-corrected chi connectivity index (χ0v) is 12.9. The summed E-state index contributed by atoms with van der Waals surface area (Å²) >= 11 is 0. The average molecular weight is 297 g/mol. The predicted molar refractivity (Wildman–Crippen MR) is 77.1 cm³/mol. The molecule has 108 valence electrons. The van der Waals surface area contributed by atoms with Gasteiger partial charge in [-0.2, -0.15) is 0 Å². The highest BCUT2D eigenvalue weighted by Crippen LogP contribution is 2.26. The number of halogens is 1. The highest BCUT2D eigenvalue weighted by molar-refractivity contribution is 7.92. The van der Waals surface area contributed by atoms with Crippen LogP contribution in [0.2, 0.25) is 0 Å². The van der Waals surface area contributed by atoms with Crippen LogP contribution in [0.5, 0.6) is 0 Å². The van der Waals surface area contributed by atoms with Crippen LogP contribution < -0.4 is 5.32 Å². The molecule has 0 amide bonds. The third kappa shape index (κ3) is 3.83. The molecule has 0 saturated carbocycles. The lowest BCUT2D eigenvalue weighted by Crippen LogP contribution is -2.38. The van der Waals surface area contributed by atoms with Gasteiger partial charge < -0.3 is 10.2 Å². The molecule has 0 aromatic rings. The standard InChI is InChI=1S/C12H24N2O2S.ClH/c1-11-3-6-14(7-8-17(11,15)16)10-12(2)4-5-13-9-12;/h11,13H,3-10H2,1-2H3;1H. The first kappa shape index (κ1) is 16.2. The van der Waals surface area contributed by atoms with E-state index in [4.69, 9.17) is 0 Å². The van der Waals surface area contributed by atoms with Crippen LogP contribution in [-0.4, -0.2) is 57.0 Å². The van der Waals surface area contributed by atoms with Crippen LogP contribution in [0.15, 0.2) is 0 Å². The van der Waals surface area contributed by atoms with Crippen molar-refractivity contribution >= 4 is 22.2 Å². The SMILES string of the molecule is CC1CCN(CC2(C)CCNC2)CCS1(=O)=O.Cl. The number of hydrogen-bond donors (Lipinski definition) is 1. The second-order valence-electron chi connectivity index (χ2n) is 5.98. The molecule has 1 N–H and O–H groups in total. The van der Waals surface area contributed by atoms with E-state index in [1.54, 1.807) is 0 Å². The van der Waals surface area contributed by atoms with Gasteiger partial charge in [-0.3, -0.25) is 0 Å². The van der Waals surface area contributed by atoms with Gasteiger partial charge in [0.25, 0.3) is 0 Å². The molecule has 0 spiro atoms. The van der Waals surface area contributed by atoms with Crippen molar-refractivity contribution in [3.63, 3.8) is 0 Å². The minimum absolute atomic E-state index is 0. The second-order valence-corrected chi connectivity index (χ2v) is 8.52. The molecule has 2 heterocycles. The smallest absolute Gasteiger partial charge is 0.154 e. The zero-order chi connectivity index (χ0) is 12.5. The van der Waals surface area contributed by atoms with Crippen LogP contribution in [0.1, 0.15) is 26.7 Å². The maximum atomic E-state index is 11.8. The van der Waals surface area contributed by atoms with Crippen LogP contribution in [0.25, 0.3) is 0 Å². The first-order valence-corrected chi connectivity index (χ1v) is 8.28. The largest absolute Gasteiger partial charge is 0.316 e. The number of nitrogens with zero attached hydrogens (tertiary/aromatic N) is 1. The molecule has 0 bridgehead atoms. The first-order valence-electron chi connectivity index (χ1n) is 6.56. The highest BCUT2D eigenvalue weighted by Gasteiger charge is 2.33. The van der Waals surface area contributed by atoms with Crippen molar-refractivity contribution < 1.29 is 8.42 Å². The van der Waals surface area contributed by atoms with Crippen molar-refractivity contribution in [3.8, 4) is 0 Å². The molecule has 2 fully saturated rings. The Balaban J connectivity index is 0.00000162. The lowest BCUT2D eigenvalue weighted by molar-refractivity contribution is 0.186. The Morgan fingerprint density at radius 2 is 2.11 bits per heavy atom. The van der Waals surface area contributed by atoms with Gasteiger partial charge in [0.1, 0.15) is 0 Å². The van der Waals surface area contributed by atoms with Crippen molar-refractivity contribution in [1.29, 1.82) is 0 Å². The number of sulfone groups is 1. The Kier molecular flexibility index (Phi) is 5.47. The molecule has 2 rings (SSSR count). The minimum atomic E-state index is -2.84. The third-order valence-corrected chi connectivity index (χ3v) is 6.43. The van der Waals surface area contributed by atoms with E-state index in [1.807, 2.05) is 6.92 Å². The van der Waals surface area contributed by atoms with Gasteiger partial charge in [-0.1, -0.05) is 6.92 Å². The van der Waals surface area contributed by atoms with Crippen molar-refractivity contribution in [1.82, 2.24) is 10.2 Å². The second kappa shape index (κ2) is 6.07. The van der Waals surface area contributed by atoms with Gasteiger partial charge in [0, 0.05) is 19.6 Å². The van der Waals surface area contributed by atoms with E-state index in [0.29, 0.717) is 17.7 Å². The molecule has 0 radical (unpaired) electrons. The van der Waals surface area contributed by atoms with E-state index in [1.165, 1.54) is 6.42 Å². The fourth-order valence-electron chi connectivity index (χ4n) is 2.81. The van der Waals surface area contributed by atoms with Crippen molar-refractivity contribution in [3.05, 3.63) is 0 Å². The number of nitrogens with one attached hydrogen (secondary N) is 1. The Morgan fingerprint density at radius 1 is 1.39 bits per heavy atom. The van der Waals surface area contributed by atoms with Crippen molar-refractivity contribution in [2.75, 3.05) is 38.5 Å². The third-order valence-electron chi connectivity index (χ3n) is 4.22. The normalized spacial score (nSPS) is 36.9. The van der Waals surface area contributed by atoms with Gasteiger partial charge in [0.05, 0.1) is 11.0 Å². The number of rotatable bonds is 2. The molecular formula is C12H25ClN2O2S. The Hall–Kier alpha value is 0.160. The summed E-state index contributed by atoms with van der Waals surface area (Å²) in [6.45, 7) is 8.97. The van der Waals surface area contributed by atoms with Gasteiger partial charge in [-0.05, 0) is 38.3 Å². The molecule has 0 aromatic carbocycles. The Morgan fingerprint density at radius 3 is 2.72 bits per heavy atom. The monoisotopic (exact) mass is 296 g/mol. The lowest BCUT2D eigenvalue weighted by Gasteiger charge is -2.30. The van der Waals surface area contributed by atoms with Crippen molar-refractivity contribution in [2.24, 2.45) is 5.41 Å². The minimum Gasteiger partial charge on any atom is -0.316 e. The lowest BCUT2D eigenvalue weighted by atomic mass is 9.89. The molecule has 4 nitrogen and oxygen atoms in total. The van der Waals surface area contributed by atoms with E-state index in [0.717, 1.165) is 32.6 Å². The van der Waals surface area contributed by atoms with E-state index >= 15 is 0 Å². The first-order chi connectivity index (χ1) is 7.91. The summed E-state index contributed by atoms with van der Waals surface area (Å²) < 4.78 is 23.7. The molecule has 2 aliphatic heterocycles. The molecule has 0 aliphatic carbocycles. The molecule has 2 saturated heterocycles. The van der Waals surface area contributed by atoms with Crippen LogP contribution in [0, 0.1) is 5.41 Å². The summed E-state index contributed by atoms with van der Waals surface area (Å²) in [6, 6.07) is 0. The van der Waals surface area contributed by atoms with Crippen LogP contribution in [-0.2, 0) is 9.84 Å². The molecule has 0 aromatic heterocycles. The van der Waals surface area contributed by atoms with Crippen LogP contribution in [0.3, 0.4) is 0 Å². The quantitative estimate of drug-likeness (QED) is 0.823. The average Bonchev–Trinajstić information content (AvgIpc) is 2.63. The molecular weight excluding hydrogens is 272 g/mol. The molecule has 2 atom stereocenters. The summed E-state index contributed by atoms with van der Waals surface area (Å²) in [5.41, 5.74) is 0.331. The van der Waals surface area contributed by atoms with Gasteiger partial charge >= 0.3 is 0 Å². The fourth-order valence-corrected chi connectivity index (χ4v) is 4.19. The fraction of sp³-hybridized carbons (Fsp3) is 1.00. The Labute approximate surface area is 117 Å². The summed E-state index contributed by atoms with van der Waals surface area (Å²) in [4.78, 5) is 2.34. The topological polar surface area (TPSA) is 49.4 Å². The molecule has 6 heteroatoms. The van der Waals surface area contributed by atoms with E-state index in [2.05, 4.69) is 17.1 Å². The van der Waals surface area contributed by atoms with Crippen LogP contribution >= 0.6 is 12.4 Å². The van der Waals surface area contributed by atoms with E-state index in [9.17, 15) is 8.42 Å². The number of hydrogen-bond acceptors (Lipinski definition) is 4. The molecule has 2 unspecified atom stereocenters. The highest BCUT2D eigenvalue weighted by atomic mass is 35.5. The Bertz CT molecular complexity index is 366. The maximum Gasteiger partial charge on any atom is 0.154 e. The van der Waals surface area contributed by atoms with Crippen molar-refractivity contribution in [2.45, 2.75) is 31.9 Å². The molecule has 18 heavy (non-hydrogen) atoms. The van der Waals surface area contributed by atoms with Gasteiger partial charge in [-0.25, -0.2) is 8.42 Å². The maximum absolute atomic E-state index is 11.8. The summed E-state index contributed by atoms with van der Waals surface area (Å²) in [6.07, 6.45) is 1.98. The van der Waals surface area contributed by atoms with Gasteiger partial charge in [0.2, 0.25) is 0 Å². The van der Waals surface area contributed by atoms with Gasteiger partial charge in [0.15, 0.2) is 9.84 Å². The van der Waals surface area contributed by atoms with Gasteiger partial charge in [-0.15, -0.1) is 12.4 Å². The van der Waals surface area contributed by atoms with E-state index in [-0.39, 0.29) is 17.7 Å². The van der Waals surface area contributed by atoms with Crippen LogP contribution in [0.4, 0.5) is 0 Å². The molecule has 2 aliphatic rings. The predicted octanol–water partition coefficient (Wildman–Crippen LogP) is 0.917. The summed E-state index contributed by atoms with van der Waals surface area (Å²) in [7, 11) is -2.84. The van der Waals surface area contributed by atoms with E-state index < -0.39 is 9.84 Å².